The number of rotatable bonds is 6. The molecule has 0 aliphatic heterocycles. The van der Waals surface area contributed by atoms with Crippen molar-refractivity contribution in [3.63, 3.8) is 0 Å². The summed E-state index contributed by atoms with van der Waals surface area (Å²) in [5, 5.41) is 13.7. The number of aromatic nitrogens is 2. The number of nitrogens with zero attached hydrogens (tertiary/aromatic N) is 2. The Balaban J connectivity index is 2.01. The van der Waals surface area contributed by atoms with Gasteiger partial charge in [0.05, 0.1) is 19.8 Å². The lowest BCUT2D eigenvalue weighted by molar-refractivity contribution is -0.604. The minimum Gasteiger partial charge on any atom is -0.619 e. The summed E-state index contributed by atoms with van der Waals surface area (Å²) in [6, 6.07) is 7.87. The first-order valence-electron chi connectivity index (χ1n) is 8.68. The molecule has 31 heavy (non-hydrogen) atoms. The van der Waals surface area contributed by atoms with Gasteiger partial charge in [-0.05, 0) is 24.3 Å². The topological polar surface area (TPSA) is 96.6 Å². The molecule has 0 spiro atoms. The van der Waals surface area contributed by atoms with E-state index in [1.165, 1.54) is 44.7 Å². The Kier molecular flexibility index (Phi) is 6.14. The largest absolute Gasteiger partial charge is 0.619 e. The highest BCUT2D eigenvalue weighted by atomic mass is 19.4. The van der Waals surface area contributed by atoms with Crippen molar-refractivity contribution in [2.75, 3.05) is 19.5 Å². The molecule has 1 amide bonds. The van der Waals surface area contributed by atoms with Gasteiger partial charge >= 0.3 is 6.18 Å². The predicted octanol–water partition coefficient (Wildman–Crippen LogP) is 3.80. The normalized spacial score (nSPS) is 11.0. The first-order chi connectivity index (χ1) is 14.7. The quantitative estimate of drug-likeness (QED) is 0.467. The van der Waals surface area contributed by atoms with E-state index in [4.69, 9.17) is 14.2 Å². The first kappa shape index (κ1) is 21.7. The van der Waals surface area contributed by atoms with E-state index in [1.54, 1.807) is 6.07 Å². The summed E-state index contributed by atoms with van der Waals surface area (Å²) >= 11 is 0. The zero-order valence-corrected chi connectivity index (χ0v) is 16.3. The molecule has 2 heterocycles. The highest BCUT2D eigenvalue weighted by Crippen LogP contribution is 2.37. The van der Waals surface area contributed by atoms with Crippen LogP contribution in [0.4, 0.5) is 18.9 Å². The maximum Gasteiger partial charge on any atom is 0.417 e. The molecule has 0 unspecified atom stereocenters. The van der Waals surface area contributed by atoms with Crippen LogP contribution in [0.3, 0.4) is 0 Å². The van der Waals surface area contributed by atoms with Gasteiger partial charge in [0.2, 0.25) is 12.1 Å². The number of nitrogens with one attached hydrogen (secondary N) is 1. The van der Waals surface area contributed by atoms with Crippen molar-refractivity contribution in [3.05, 3.63) is 71.3 Å². The summed E-state index contributed by atoms with van der Waals surface area (Å²) in [6.07, 6.45) is -1.95. The number of hydrogen-bond donors (Lipinski definition) is 1. The van der Waals surface area contributed by atoms with Gasteiger partial charge in [-0.15, -0.1) is 0 Å². The molecule has 0 aliphatic carbocycles. The Morgan fingerprint density at radius 1 is 1.13 bits per heavy atom. The lowest BCUT2D eigenvalue weighted by Gasteiger charge is -2.15. The van der Waals surface area contributed by atoms with Crippen LogP contribution in [-0.2, 0) is 6.18 Å². The molecule has 1 aromatic carbocycles. The van der Waals surface area contributed by atoms with Crippen LogP contribution in [0, 0.1) is 5.21 Å². The number of carbonyl (C=O) groups is 1. The molecule has 0 saturated heterocycles. The minimum atomic E-state index is -4.73. The van der Waals surface area contributed by atoms with Crippen LogP contribution in [0.15, 0.2) is 55.0 Å². The van der Waals surface area contributed by atoms with E-state index in [0.29, 0.717) is 22.7 Å². The highest BCUT2D eigenvalue weighted by molar-refractivity contribution is 6.05. The van der Waals surface area contributed by atoms with E-state index in [0.717, 1.165) is 6.20 Å². The zero-order valence-electron chi connectivity index (χ0n) is 16.3. The predicted molar refractivity (Wildman–Crippen MR) is 102 cm³/mol. The summed E-state index contributed by atoms with van der Waals surface area (Å²) < 4.78 is 55.8. The number of carbonyl (C=O) groups excluding carboxylic acids is 1. The monoisotopic (exact) mass is 435 g/mol. The number of hydrogen-bond acceptors (Lipinski definition) is 6. The number of ether oxygens (including phenoxy) is 3. The summed E-state index contributed by atoms with van der Waals surface area (Å²) in [4.78, 5) is 16.4. The molecule has 3 rings (SSSR count). The summed E-state index contributed by atoms with van der Waals surface area (Å²) in [5.74, 6) is -0.575. The van der Waals surface area contributed by atoms with Gasteiger partial charge in [-0.1, -0.05) is 0 Å². The Morgan fingerprint density at radius 3 is 2.55 bits per heavy atom. The molecule has 0 radical (unpaired) electrons. The van der Waals surface area contributed by atoms with Crippen molar-refractivity contribution in [1.29, 1.82) is 0 Å². The number of anilines is 1. The van der Waals surface area contributed by atoms with Crippen molar-refractivity contribution in [2.24, 2.45) is 0 Å². The molecular formula is C20H16F3N3O5. The molecule has 0 atom stereocenters. The smallest absolute Gasteiger partial charge is 0.417 e. The first-order valence-corrected chi connectivity index (χ1v) is 8.68. The molecule has 1 N–H and O–H groups in total. The second-order valence-electron chi connectivity index (χ2n) is 6.10. The van der Waals surface area contributed by atoms with Crippen LogP contribution in [0.1, 0.15) is 15.9 Å². The van der Waals surface area contributed by atoms with Gasteiger partial charge in [0.25, 0.3) is 5.91 Å². The van der Waals surface area contributed by atoms with Crippen molar-refractivity contribution in [3.8, 4) is 23.1 Å². The molecule has 2 aromatic heterocycles. The number of amides is 1. The van der Waals surface area contributed by atoms with Gasteiger partial charge in [0.15, 0.2) is 17.7 Å². The minimum absolute atomic E-state index is 0.0767. The molecule has 0 bridgehead atoms. The third kappa shape index (κ3) is 5.13. The molecule has 0 aliphatic rings. The Bertz CT molecular complexity index is 1110. The summed E-state index contributed by atoms with van der Waals surface area (Å²) in [6.45, 7) is 0. The van der Waals surface area contributed by atoms with Crippen molar-refractivity contribution < 1.29 is 36.9 Å². The molecule has 8 nitrogen and oxygen atoms in total. The zero-order chi connectivity index (χ0) is 22.6. The maximum absolute atomic E-state index is 13.2. The fourth-order valence-electron chi connectivity index (χ4n) is 2.54. The lowest BCUT2D eigenvalue weighted by atomic mass is 10.1. The lowest BCUT2D eigenvalue weighted by Crippen LogP contribution is -2.25. The van der Waals surface area contributed by atoms with E-state index in [-0.39, 0.29) is 23.1 Å². The van der Waals surface area contributed by atoms with E-state index < -0.39 is 23.2 Å². The Hall–Kier alpha value is -4.02. The summed E-state index contributed by atoms with van der Waals surface area (Å²) in [7, 11) is 2.81. The van der Waals surface area contributed by atoms with E-state index in [2.05, 4.69) is 10.3 Å². The van der Waals surface area contributed by atoms with Crippen molar-refractivity contribution >= 4 is 11.6 Å². The fourth-order valence-corrected chi connectivity index (χ4v) is 2.54. The second kappa shape index (κ2) is 8.78. The maximum atomic E-state index is 13.2. The number of alkyl halides is 3. The SMILES string of the molecule is COc1ccc(Oc2ncc(C(F)(F)F)cc2C(=O)Nc2ccc[n+]([O-])c2)c(OC)c1. The van der Waals surface area contributed by atoms with Gasteiger partial charge < -0.3 is 24.7 Å². The van der Waals surface area contributed by atoms with E-state index in [9.17, 15) is 23.2 Å². The summed E-state index contributed by atoms with van der Waals surface area (Å²) in [5.41, 5.74) is -1.56. The van der Waals surface area contributed by atoms with Gasteiger partial charge in [-0.25, -0.2) is 4.98 Å². The van der Waals surface area contributed by atoms with Crippen LogP contribution in [0.25, 0.3) is 0 Å². The van der Waals surface area contributed by atoms with Crippen LogP contribution in [-0.4, -0.2) is 25.1 Å². The van der Waals surface area contributed by atoms with Gasteiger partial charge in [0, 0.05) is 18.3 Å². The average Bonchev–Trinajstić information content (AvgIpc) is 2.73. The van der Waals surface area contributed by atoms with E-state index >= 15 is 0 Å². The Labute approximate surface area is 174 Å². The Morgan fingerprint density at radius 2 is 1.90 bits per heavy atom. The molecule has 162 valence electrons. The average molecular weight is 435 g/mol. The number of benzene rings is 1. The van der Waals surface area contributed by atoms with E-state index in [1.807, 2.05) is 0 Å². The van der Waals surface area contributed by atoms with Crippen molar-refractivity contribution in [2.45, 2.75) is 6.18 Å². The molecule has 3 aromatic rings. The van der Waals surface area contributed by atoms with Crippen LogP contribution < -0.4 is 24.3 Å². The molecule has 0 fully saturated rings. The van der Waals surface area contributed by atoms with Gasteiger partial charge in [0.1, 0.15) is 17.0 Å². The molecular weight excluding hydrogens is 419 g/mol. The second-order valence-corrected chi connectivity index (χ2v) is 6.10. The van der Waals surface area contributed by atoms with Crippen molar-refractivity contribution in [1.82, 2.24) is 4.98 Å². The standard InChI is InChI=1S/C20H16F3N3O5/c1-29-14-5-6-16(17(9-14)30-2)31-19-15(8-12(10-24-19)20(21,22)23)18(27)25-13-4-3-7-26(28)11-13/h3-11H,1-2H3,(H,25,27). The van der Waals surface area contributed by atoms with Crippen LogP contribution in [0.5, 0.6) is 23.1 Å². The third-order valence-electron chi connectivity index (χ3n) is 4.03. The third-order valence-corrected chi connectivity index (χ3v) is 4.03. The van der Waals surface area contributed by atoms with Crippen LogP contribution in [0.2, 0.25) is 0 Å². The van der Waals surface area contributed by atoms with Gasteiger partial charge in [-0.3, -0.25) is 4.79 Å². The molecule has 11 heteroatoms. The number of halogens is 3. The number of methoxy groups -OCH3 is 2. The number of pyridine rings is 2. The fraction of sp³-hybridized carbons (Fsp3) is 0.150. The van der Waals surface area contributed by atoms with Crippen LogP contribution >= 0.6 is 0 Å². The highest BCUT2D eigenvalue weighted by Gasteiger charge is 2.33. The molecule has 0 saturated carbocycles. The van der Waals surface area contributed by atoms with Gasteiger partial charge in [-0.2, -0.15) is 17.9 Å².